The first-order chi connectivity index (χ1) is 9.01. The van der Waals surface area contributed by atoms with Crippen molar-refractivity contribution in [2.24, 2.45) is 11.1 Å². The van der Waals surface area contributed by atoms with Crippen LogP contribution in [-0.4, -0.2) is 13.1 Å². The number of hydrogen-bond donors (Lipinski definition) is 1. The van der Waals surface area contributed by atoms with E-state index in [-0.39, 0.29) is 0 Å². The molecule has 0 spiro atoms. The highest BCUT2D eigenvalue weighted by atomic mass is 19.4. The molecule has 1 rings (SSSR count). The molecule has 112 valence electrons. The summed E-state index contributed by atoms with van der Waals surface area (Å²) in [6.07, 6.45) is -4.69. The van der Waals surface area contributed by atoms with Gasteiger partial charge in [-0.25, -0.2) is 4.39 Å². The molecule has 2 N–H and O–H groups in total. The molecule has 0 radical (unpaired) electrons. The van der Waals surface area contributed by atoms with Gasteiger partial charge in [0.1, 0.15) is 5.82 Å². The summed E-state index contributed by atoms with van der Waals surface area (Å²) in [5.74, 6) is -1.63. The molecule has 0 aliphatic heterocycles. The van der Waals surface area contributed by atoms with Crippen LogP contribution in [0.2, 0.25) is 0 Å². The highest BCUT2D eigenvalue weighted by molar-refractivity contribution is 5.77. The van der Waals surface area contributed by atoms with Crippen LogP contribution in [0.1, 0.15) is 31.0 Å². The van der Waals surface area contributed by atoms with Gasteiger partial charge in [0.05, 0.1) is 18.1 Å². The van der Waals surface area contributed by atoms with Crippen molar-refractivity contribution in [2.75, 3.05) is 7.11 Å². The number of carbonyl (C=O) groups is 1. The SMILES string of the molecule is COC(=O)C(C)(C)[C@H](N)c1cc(F)ccc1C(F)(F)F. The van der Waals surface area contributed by atoms with E-state index >= 15 is 0 Å². The molecule has 1 aromatic rings. The minimum absolute atomic E-state index is 0.479. The van der Waals surface area contributed by atoms with Gasteiger partial charge in [-0.3, -0.25) is 4.79 Å². The zero-order valence-corrected chi connectivity index (χ0v) is 11.2. The molecule has 0 unspecified atom stereocenters. The first-order valence-electron chi connectivity index (χ1n) is 5.72. The Kier molecular flexibility index (Phi) is 4.43. The summed E-state index contributed by atoms with van der Waals surface area (Å²) in [5.41, 5.74) is 2.78. The Hall–Kier alpha value is -1.63. The number of hydrogen-bond acceptors (Lipinski definition) is 3. The molecule has 0 aromatic heterocycles. The fraction of sp³-hybridized carbons (Fsp3) is 0.462. The minimum Gasteiger partial charge on any atom is -0.469 e. The topological polar surface area (TPSA) is 52.3 Å². The van der Waals surface area contributed by atoms with Crippen LogP contribution >= 0.6 is 0 Å². The van der Waals surface area contributed by atoms with Crippen molar-refractivity contribution in [1.82, 2.24) is 0 Å². The Morgan fingerprint density at radius 2 is 1.85 bits per heavy atom. The molecule has 0 amide bonds. The summed E-state index contributed by atoms with van der Waals surface area (Å²) in [5, 5.41) is 0. The number of carbonyl (C=O) groups excluding carboxylic acids is 1. The number of nitrogens with two attached hydrogens (primary N) is 1. The van der Waals surface area contributed by atoms with Crippen LogP contribution < -0.4 is 5.73 Å². The lowest BCUT2D eigenvalue weighted by molar-refractivity contribution is -0.153. The fourth-order valence-electron chi connectivity index (χ4n) is 1.83. The molecule has 0 fully saturated rings. The maximum Gasteiger partial charge on any atom is 0.416 e. The Bertz CT molecular complexity index is 512. The standard InChI is InChI=1S/C13H15F4NO2/c1-12(2,11(19)20-3)10(18)8-6-7(14)4-5-9(8)13(15,16)17/h4-6,10H,18H2,1-3H3/t10-/m1/s1. The van der Waals surface area contributed by atoms with Gasteiger partial charge in [0, 0.05) is 6.04 Å². The van der Waals surface area contributed by atoms with E-state index in [0.717, 1.165) is 7.11 Å². The summed E-state index contributed by atoms with van der Waals surface area (Å²) < 4.78 is 56.5. The molecule has 3 nitrogen and oxygen atoms in total. The van der Waals surface area contributed by atoms with Gasteiger partial charge in [-0.2, -0.15) is 13.2 Å². The fourth-order valence-corrected chi connectivity index (χ4v) is 1.83. The first kappa shape index (κ1) is 16.4. The molecular weight excluding hydrogens is 278 g/mol. The lowest BCUT2D eigenvalue weighted by Gasteiger charge is -2.30. The van der Waals surface area contributed by atoms with E-state index in [4.69, 9.17) is 5.73 Å². The van der Waals surface area contributed by atoms with E-state index in [2.05, 4.69) is 4.74 Å². The summed E-state index contributed by atoms with van der Waals surface area (Å²) in [6, 6.07) is 0.641. The monoisotopic (exact) mass is 293 g/mol. The summed E-state index contributed by atoms with van der Waals surface area (Å²) in [4.78, 5) is 11.6. The highest BCUT2D eigenvalue weighted by Gasteiger charge is 2.42. The van der Waals surface area contributed by atoms with Crippen molar-refractivity contribution in [3.63, 3.8) is 0 Å². The zero-order chi connectivity index (χ0) is 15.7. The highest BCUT2D eigenvalue weighted by Crippen LogP contribution is 2.40. The lowest BCUT2D eigenvalue weighted by atomic mass is 9.79. The molecule has 0 bridgehead atoms. The largest absolute Gasteiger partial charge is 0.469 e. The van der Waals surface area contributed by atoms with Crippen LogP contribution in [0.15, 0.2) is 18.2 Å². The number of esters is 1. The van der Waals surface area contributed by atoms with Crippen molar-refractivity contribution in [1.29, 1.82) is 0 Å². The molecule has 7 heteroatoms. The normalized spacial score (nSPS) is 14.0. The van der Waals surface area contributed by atoms with Gasteiger partial charge in [-0.1, -0.05) is 0 Å². The van der Waals surface area contributed by atoms with Gasteiger partial charge in [0.2, 0.25) is 0 Å². The van der Waals surface area contributed by atoms with Gasteiger partial charge in [-0.05, 0) is 37.6 Å². The van der Waals surface area contributed by atoms with E-state index in [1.54, 1.807) is 0 Å². The van der Waals surface area contributed by atoms with E-state index < -0.39 is 40.5 Å². The van der Waals surface area contributed by atoms with E-state index in [0.29, 0.717) is 18.2 Å². The second-order valence-electron chi connectivity index (χ2n) is 4.92. The molecule has 20 heavy (non-hydrogen) atoms. The molecule has 0 saturated carbocycles. The Labute approximate surface area is 113 Å². The van der Waals surface area contributed by atoms with Crippen molar-refractivity contribution in [3.8, 4) is 0 Å². The van der Waals surface area contributed by atoms with Crippen LogP contribution in [0, 0.1) is 11.2 Å². The predicted octanol–water partition coefficient (Wildman–Crippen LogP) is 3.04. The van der Waals surface area contributed by atoms with E-state index in [9.17, 15) is 22.4 Å². The van der Waals surface area contributed by atoms with Crippen molar-refractivity contribution in [3.05, 3.63) is 35.1 Å². The molecular formula is C13H15F4NO2. The second-order valence-corrected chi connectivity index (χ2v) is 4.92. The van der Waals surface area contributed by atoms with Crippen LogP contribution in [0.3, 0.4) is 0 Å². The van der Waals surface area contributed by atoms with Gasteiger partial charge in [0.25, 0.3) is 0 Å². The van der Waals surface area contributed by atoms with Crippen LogP contribution in [0.4, 0.5) is 17.6 Å². The van der Waals surface area contributed by atoms with Crippen molar-refractivity contribution >= 4 is 5.97 Å². The minimum atomic E-state index is -4.69. The predicted molar refractivity (Wildman–Crippen MR) is 64.1 cm³/mol. The number of benzene rings is 1. The quantitative estimate of drug-likeness (QED) is 0.688. The molecule has 0 heterocycles. The van der Waals surface area contributed by atoms with E-state index in [1.807, 2.05) is 0 Å². The number of methoxy groups -OCH3 is 1. The van der Waals surface area contributed by atoms with Crippen LogP contribution in [0.25, 0.3) is 0 Å². The molecule has 1 atom stereocenters. The third-order valence-corrected chi connectivity index (χ3v) is 3.14. The summed E-state index contributed by atoms with van der Waals surface area (Å²) in [7, 11) is 1.10. The molecule has 1 aromatic carbocycles. The van der Waals surface area contributed by atoms with Crippen LogP contribution in [-0.2, 0) is 15.7 Å². The van der Waals surface area contributed by atoms with Gasteiger partial charge >= 0.3 is 12.1 Å². The van der Waals surface area contributed by atoms with Crippen molar-refractivity contribution < 1.29 is 27.1 Å². The van der Waals surface area contributed by atoms with Crippen molar-refractivity contribution in [2.45, 2.75) is 26.1 Å². The van der Waals surface area contributed by atoms with E-state index in [1.165, 1.54) is 13.8 Å². The van der Waals surface area contributed by atoms with Gasteiger partial charge in [-0.15, -0.1) is 0 Å². The Morgan fingerprint density at radius 3 is 2.30 bits per heavy atom. The molecule has 0 aliphatic carbocycles. The Morgan fingerprint density at radius 1 is 1.30 bits per heavy atom. The third-order valence-electron chi connectivity index (χ3n) is 3.14. The van der Waals surface area contributed by atoms with Crippen LogP contribution in [0.5, 0.6) is 0 Å². The number of halogens is 4. The molecule has 0 aliphatic rings. The van der Waals surface area contributed by atoms with Gasteiger partial charge < -0.3 is 10.5 Å². The van der Waals surface area contributed by atoms with Gasteiger partial charge in [0.15, 0.2) is 0 Å². The second kappa shape index (κ2) is 5.40. The maximum absolute atomic E-state index is 13.2. The zero-order valence-electron chi connectivity index (χ0n) is 11.2. The third kappa shape index (κ3) is 3.09. The number of ether oxygens (including phenoxy) is 1. The first-order valence-corrected chi connectivity index (χ1v) is 5.72. The number of rotatable bonds is 3. The Balaban J connectivity index is 3.38. The average Bonchev–Trinajstić information content (AvgIpc) is 2.35. The smallest absolute Gasteiger partial charge is 0.416 e. The summed E-state index contributed by atoms with van der Waals surface area (Å²) >= 11 is 0. The molecule has 0 saturated heterocycles. The lowest BCUT2D eigenvalue weighted by Crippen LogP contribution is -2.38. The average molecular weight is 293 g/mol. The number of alkyl halides is 3. The maximum atomic E-state index is 13.2. The summed E-state index contributed by atoms with van der Waals surface area (Å²) in [6.45, 7) is 2.68.